The van der Waals surface area contributed by atoms with Crippen LogP contribution in [-0.4, -0.2) is 18.4 Å². The number of halogens is 1. The summed E-state index contributed by atoms with van der Waals surface area (Å²) in [6, 6.07) is 10.9. The van der Waals surface area contributed by atoms with Gasteiger partial charge in [0.1, 0.15) is 0 Å². The van der Waals surface area contributed by atoms with Gasteiger partial charge in [-0.25, -0.2) is 0 Å². The fourth-order valence-electron chi connectivity index (χ4n) is 3.15. The molecule has 2 rings (SSSR count). The minimum Gasteiger partial charge on any atom is -0.371 e. The lowest BCUT2D eigenvalue weighted by Gasteiger charge is -2.35. The average Bonchev–Trinajstić information content (AvgIpc) is 2.93. The fraction of sp³-hybridized carbons (Fsp3) is 0.647. The molecule has 106 valence electrons. The first-order chi connectivity index (χ1) is 9.29. The number of unbranched alkanes of at least 4 members (excludes halogenated alkanes) is 1. The summed E-state index contributed by atoms with van der Waals surface area (Å²) in [6.45, 7) is 4.68. The third-order valence-corrected chi connectivity index (χ3v) is 5.57. The lowest BCUT2D eigenvalue weighted by Crippen LogP contribution is -2.38. The third-order valence-electron chi connectivity index (χ3n) is 4.38. The molecule has 1 aliphatic carbocycles. The minimum absolute atomic E-state index is 0.504. The first kappa shape index (κ1) is 14.9. The van der Waals surface area contributed by atoms with E-state index in [2.05, 4.69) is 58.1 Å². The van der Waals surface area contributed by atoms with Crippen LogP contribution in [-0.2, 0) is 0 Å². The molecule has 19 heavy (non-hydrogen) atoms. The van der Waals surface area contributed by atoms with Crippen molar-refractivity contribution in [3.8, 4) is 0 Å². The summed E-state index contributed by atoms with van der Waals surface area (Å²) in [5, 5.41) is 1.15. The summed E-state index contributed by atoms with van der Waals surface area (Å²) in [7, 11) is 0. The Labute approximate surface area is 126 Å². The number of hydrogen-bond acceptors (Lipinski definition) is 1. The molecule has 1 aromatic carbocycles. The Balaban J connectivity index is 2.09. The highest BCUT2D eigenvalue weighted by atomic mass is 79.9. The highest BCUT2D eigenvalue weighted by Gasteiger charge is 2.34. The highest BCUT2D eigenvalue weighted by Crippen LogP contribution is 2.41. The van der Waals surface area contributed by atoms with Gasteiger partial charge in [0.25, 0.3) is 0 Å². The molecule has 0 radical (unpaired) electrons. The van der Waals surface area contributed by atoms with Gasteiger partial charge < -0.3 is 4.90 Å². The van der Waals surface area contributed by atoms with E-state index in [-0.39, 0.29) is 0 Å². The van der Waals surface area contributed by atoms with Crippen LogP contribution < -0.4 is 4.90 Å². The number of para-hydroxylation sites is 1. The molecule has 0 atom stereocenters. The Morgan fingerprint density at radius 1 is 1.16 bits per heavy atom. The summed E-state index contributed by atoms with van der Waals surface area (Å²) in [5.74, 6) is 0. The van der Waals surface area contributed by atoms with Gasteiger partial charge in [0.15, 0.2) is 0 Å². The van der Waals surface area contributed by atoms with Crippen molar-refractivity contribution in [1.82, 2.24) is 0 Å². The van der Waals surface area contributed by atoms with Crippen LogP contribution in [0.15, 0.2) is 30.3 Å². The average molecular weight is 324 g/mol. The van der Waals surface area contributed by atoms with Crippen molar-refractivity contribution < 1.29 is 0 Å². The molecule has 1 saturated carbocycles. The van der Waals surface area contributed by atoms with Crippen molar-refractivity contribution in [2.45, 2.75) is 45.4 Å². The van der Waals surface area contributed by atoms with E-state index < -0.39 is 0 Å². The van der Waals surface area contributed by atoms with E-state index in [0.717, 1.165) is 5.33 Å². The van der Waals surface area contributed by atoms with Gasteiger partial charge in [0, 0.05) is 24.1 Å². The van der Waals surface area contributed by atoms with E-state index in [9.17, 15) is 0 Å². The highest BCUT2D eigenvalue weighted by molar-refractivity contribution is 9.09. The Kier molecular flexibility index (Phi) is 5.75. The standard InChI is InChI=1S/C17H26BrN/c1-2-3-13-19(16-9-5-4-6-10-16)15-17(14-18)11-7-8-12-17/h4-6,9-10H,2-3,7-8,11-15H2,1H3. The largest absolute Gasteiger partial charge is 0.371 e. The Morgan fingerprint density at radius 3 is 2.42 bits per heavy atom. The third kappa shape index (κ3) is 3.98. The smallest absolute Gasteiger partial charge is 0.0366 e. The molecule has 1 aliphatic rings. The molecule has 0 aliphatic heterocycles. The van der Waals surface area contributed by atoms with Crippen LogP contribution in [0.3, 0.4) is 0 Å². The molecule has 1 nitrogen and oxygen atoms in total. The summed E-state index contributed by atoms with van der Waals surface area (Å²) in [4.78, 5) is 2.61. The summed E-state index contributed by atoms with van der Waals surface area (Å²) >= 11 is 3.78. The normalized spacial score (nSPS) is 17.6. The van der Waals surface area contributed by atoms with Crippen LogP contribution in [0.4, 0.5) is 5.69 Å². The van der Waals surface area contributed by atoms with Crippen LogP contribution in [0.2, 0.25) is 0 Å². The summed E-state index contributed by atoms with van der Waals surface area (Å²) in [5.41, 5.74) is 1.90. The molecule has 0 bridgehead atoms. The van der Waals surface area contributed by atoms with E-state index in [0.29, 0.717) is 5.41 Å². The van der Waals surface area contributed by atoms with E-state index in [1.165, 1.54) is 57.3 Å². The molecule has 0 unspecified atom stereocenters. The van der Waals surface area contributed by atoms with Crippen molar-refractivity contribution in [2.75, 3.05) is 23.3 Å². The second kappa shape index (κ2) is 7.33. The number of nitrogens with zero attached hydrogens (tertiary/aromatic N) is 1. The predicted molar refractivity (Wildman–Crippen MR) is 88.3 cm³/mol. The zero-order valence-electron chi connectivity index (χ0n) is 12.1. The molecule has 1 aromatic rings. The maximum absolute atomic E-state index is 3.78. The Hall–Kier alpha value is -0.500. The number of hydrogen-bond donors (Lipinski definition) is 0. The summed E-state index contributed by atoms with van der Waals surface area (Å²) < 4.78 is 0. The first-order valence-corrected chi connectivity index (χ1v) is 8.78. The molecule has 2 heteroatoms. The topological polar surface area (TPSA) is 3.24 Å². The van der Waals surface area contributed by atoms with Gasteiger partial charge in [-0.15, -0.1) is 0 Å². The van der Waals surface area contributed by atoms with Crippen molar-refractivity contribution >= 4 is 21.6 Å². The van der Waals surface area contributed by atoms with Crippen LogP contribution in [0.5, 0.6) is 0 Å². The van der Waals surface area contributed by atoms with E-state index in [4.69, 9.17) is 0 Å². The quantitative estimate of drug-likeness (QED) is 0.619. The van der Waals surface area contributed by atoms with E-state index in [1.54, 1.807) is 0 Å². The molecular formula is C17H26BrN. The van der Waals surface area contributed by atoms with Crippen molar-refractivity contribution in [1.29, 1.82) is 0 Å². The Morgan fingerprint density at radius 2 is 1.84 bits per heavy atom. The molecule has 0 N–H and O–H groups in total. The summed E-state index contributed by atoms with van der Waals surface area (Å²) in [6.07, 6.45) is 8.13. The molecule has 0 spiro atoms. The maximum Gasteiger partial charge on any atom is 0.0366 e. The molecule has 0 aromatic heterocycles. The second-order valence-electron chi connectivity index (χ2n) is 5.95. The lowest BCUT2D eigenvalue weighted by molar-refractivity contribution is 0.348. The molecule has 0 saturated heterocycles. The van der Waals surface area contributed by atoms with Crippen LogP contribution in [0.1, 0.15) is 45.4 Å². The zero-order chi connectivity index (χ0) is 13.6. The lowest BCUT2D eigenvalue weighted by atomic mass is 9.88. The van der Waals surface area contributed by atoms with Crippen LogP contribution in [0, 0.1) is 5.41 Å². The minimum atomic E-state index is 0.504. The maximum atomic E-state index is 3.78. The number of rotatable bonds is 7. The second-order valence-corrected chi connectivity index (χ2v) is 6.51. The molecule has 1 fully saturated rings. The van der Waals surface area contributed by atoms with Crippen LogP contribution in [0.25, 0.3) is 0 Å². The predicted octanol–water partition coefficient (Wildman–Crippen LogP) is 5.25. The van der Waals surface area contributed by atoms with Gasteiger partial charge in [-0.1, -0.05) is 60.3 Å². The number of anilines is 1. The van der Waals surface area contributed by atoms with E-state index >= 15 is 0 Å². The zero-order valence-corrected chi connectivity index (χ0v) is 13.7. The van der Waals surface area contributed by atoms with Crippen molar-refractivity contribution in [3.63, 3.8) is 0 Å². The van der Waals surface area contributed by atoms with Crippen LogP contribution >= 0.6 is 15.9 Å². The Bertz CT molecular complexity index is 357. The van der Waals surface area contributed by atoms with Gasteiger partial charge >= 0.3 is 0 Å². The molecular weight excluding hydrogens is 298 g/mol. The number of alkyl halides is 1. The van der Waals surface area contributed by atoms with Gasteiger partial charge in [0.2, 0.25) is 0 Å². The molecule has 0 heterocycles. The van der Waals surface area contributed by atoms with Gasteiger partial charge in [-0.2, -0.15) is 0 Å². The first-order valence-electron chi connectivity index (χ1n) is 7.66. The fourth-order valence-corrected chi connectivity index (χ4v) is 3.89. The van der Waals surface area contributed by atoms with Gasteiger partial charge in [-0.05, 0) is 36.8 Å². The molecule has 0 amide bonds. The number of benzene rings is 1. The van der Waals surface area contributed by atoms with E-state index in [1.807, 2.05) is 0 Å². The van der Waals surface area contributed by atoms with Gasteiger partial charge in [-0.3, -0.25) is 0 Å². The monoisotopic (exact) mass is 323 g/mol. The SMILES string of the molecule is CCCCN(CC1(CBr)CCCC1)c1ccccc1. The van der Waals surface area contributed by atoms with Crippen molar-refractivity contribution in [3.05, 3.63) is 30.3 Å². The van der Waals surface area contributed by atoms with Crippen molar-refractivity contribution in [2.24, 2.45) is 5.41 Å². The van der Waals surface area contributed by atoms with Gasteiger partial charge in [0.05, 0.1) is 0 Å².